The lowest BCUT2D eigenvalue weighted by atomic mass is 10.1. The number of anilines is 2. The molecule has 10 heteroatoms. The van der Waals surface area contributed by atoms with E-state index in [1.807, 2.05) is 26.8 Å². The second kappa shape index (κ2) is 10.5. The highest BCUT2D eigenvalue weighted by Gasteiger charge is 2.18. The molecule has 0 aliphatic carbocycles. The number of aromatic nitrogens is 1. The first kappa shape index (κ1) is 23.6. The molecule has 3 aromatic rings. The van der Waals surface area contributed by atoms with Crippen molar-refractivity contribution in [1.82, 2.24) is 9.88 Å². The highest BCUT2D eigenvalue weighted by molar-refractivity contribution is 7.86. The van der Waals surface area contributed by atoms with E-state index in [0.29, 0.717) is 34.6 Å². The Kier molecular flexibility index (Phi) is 7.70. The number of carbonyl (C=O) groups is 1. The topological polar surface area (TPSA) is 104 Å². The number of aromatic hydroxyl groups is 1. The summed E-state index contributed by atoms with van der Waals surface area (Å²) in [6.07, 6.45) is 0. The summed E-state index contributed by atoms with van der Waals surface area (Å²) in [6.45, 7) is 6.94. The number of ether oxygens (including phenoxy) is 1. The van der Waals surface area contributed by atoms with E-state index in [9.17, 15) is 14.1 Å². The van der Waals surface area contributed by atoms with Gasteiger partial charge in [0.05, 0.1) is 17.7 Å². The molecule has 8 nitrogen and oxygen atoms in total. The summed E-state index contributed by atoms with van der Waals surface area (Å²) >= 11 is 1.36. The van der Waals surface area contributed by atoms with Crippen LogP contribution in [0.2, 0.25) is 0 Å². The number of nitrogens with one attached hydrogen (secondary N) is 2. The largest absolute Gasteiger partial charge is 0.508 e. The van der Waals surface area contributed by atoms with Gasteiger partial charge in [0, 0.05) is 18.8 Å². The van der Waals surface area contributed by atoms with Crippen molar-refractivity contribution in [2.45, 2.75) is 25.7 Å². The fraction of sp³-hybridized carbons (Fsp3) is 0.273. The Balaban J connectivity index is 1.87. The summed E-state index contributed by atoms with van der Waals surface area (Å²) in [7, 11) is -0.0801. The maximum atomic E-state index is 13.0. The molecule has 0 radical (unpaired) electrons. The molecule has 0 bridgehead atoms. The minimum absolute atomic E-state index is 0.130. The monoisotopic (exact) mass is 474 g/mol. The van der Waals surface area contributed by atoms with Gasteiger partial charge in [-0.2, -0.15) is 0 Å². The van der Waals surface area contributed by atoms with Crippen LogP contribution in [0.5, 0.6) is 11.5 Å². The summed E-state index contributed by atoms with van der Waals surface area (Å²) in [5, 5.41) is 12.8. The van der Waals surface area contributed by atoms with E-state index in [4.69, 9.17) is 4.74 Å². The number of benzene rings is 2. The van der Waals surface area contributed by atoms with Crippen LogP contribution in [-0.2, 0) is 11.0 Å². The number of hydrogen-bond donors (Lipinski definition) is 3. The van der Waals surface area contributed by atoms with E-state index in [0.717, 1.165) is 16.1 Å². The number of phenolic OH excluding ortho intramolecular Hbond substituents is 1. The fourth-order valence-corrected chi connectivity index (χ4v) is 5.03. The molecule has 0 aliphatic rings. The highest BCUT2D eigenvalue weighted by atomic mass is 32.2. The maximum Gasteiger partial charge on any atom is 0.323 e. The predicted octanol–water partition coefficient (Wildman–Crippen LogP) is 4.84. The Labute approximate surface area is 193 Å². The van der Waals surface area contributed by atoms with Crippen LogP contribution in [0, 0.1) is 6.92 Å². The molecular formula is C22H26N4O4S2. The molecule has 0 spiro atoms. The predicted molar refractivity (Wildman–Crippen MR) is 129 cm³/mol. The van der Waals surface area contributed by atoms with Gasteiger partial charge in [0.1, 0.15) is 16.4 Å². The summed E-state index contributed by atoms with van der Waals surface area (Å²) in [5.74, 6) is 0.612. The fourth-order valence-electron chi connectivity index (χ4n) is 3.05. The van der Waals surface area contributed by atoms with Gasteiger partial charge < -0.3 is 19.5 Å². The lowest BCUT2D eigenvalue weighted by Crippen LogP contribution is -2.34. The van der Waals surface area contributed by atoms with Crippen LogP contribution in [-0.4, -0.2) is 45.4 Å². The molecule has 1 unspecified atom stereocenters. The molecule has 0 saturated carbocycles. The minimum Gasteiger partial charge on any atom is -0.508 e. The molecule has 32 heavy (non-hydrogen) atoms. The lowest BCUT2D eigenvalue weighted by molar-refractivity contribution is 0.217. The Hall–Kier alpha value is -3.11. The van der Waals surface area contributed by atoms with Crippen molar-refractivity contribution >= 4 is 39.2 Å². The summed E-state index contributed by atoms with van der Waals surface area (Å²) in [4.78, 5) is 19.9. The van der Waals surface area contributed by atoms with Crippen LogP contribution >= 0.6 is 11.3 Å². The van der Waals surface area contributed by atoms with Crippen LogP contribution in [0.15, 0.2) is 47.4 Å². The van der Waals surface area contributed by atoms with Gasteiger partial charge in [0.15, 0.2) is 16.1 Å². The van der Waals surface area contributed by atoms with Crippen molar-refractivity contribution < 1.29 is 18.8 Å². The third kappa shape index (κ3) is 5.38. The summed E-state index contributed by atoms with van der Waals surface area (Å²) in [5.41, 5.74) is 2.18. The van der Waals surface area contributed by atoms with Crippen molar-refractivity contribution in [2.75, 3.05) is 30.2 Å². The van der Waals surface area contributed by atoms with Gasteiger partial charge in [0.25, 0.3) is 0 Å². The first-order valence-electron chi connectivity index (χ1n) is 10.1. The maximum absolute atomic E-state index is 13.0. The average molecular weight is 475 g/mol. The van der Waals surface area contributed by atoms with Crippen LogP contribution in [0.25, 0.3) is 10.4 Å². The summed E-state index contributed by atoms with van der Waals surface area (Å²) < 4.78 is 21.3. The number of rotatable bonds is 8. The second-order valence-electron chi connectivity index (χ2n) is 6.82. The number of amides is 2. The molecule has 0 fully saturated rings. The molecule has 170 valence electrons. The standard InChI is InChI=1S/C22H26N4O4S2/c1-5-26(6-2)22(28)24-21-23-14(3)20(31-21)15-7-12-18(30-4)19(13-15)32(29)25-16-8-10-17(27)11-9-16/h7-13,25,27H,5-6H2,1-4H3,(H,23,24,28). The summed E-state index contributed by atoms with van der Waals surface area (Å²) in [6, 6.07) is 11.5. The molecule has 3 N–H and O–H groups in total. The molecule has 1 heterocycles. The van der Waals surface area contributed by atoms with Crippen molar-refractivity contribution in [3.05, 3.63) is 48.2 Å². The zero-order valence-electron chi connectivity index (χ0n) is 18.3. The van der Waals surface area contributed by atoms with Crippen LogP contribution in [0.4, 0.5) is 15.6 Å². The van der Waals surface area contributed by atoms with Gasteiger partial charge >= 0.3 is 6.03 Å². The van der Waals surface area contributed by atoms with Crippen molar-refractivity contribution in [3.8, 4) is 21.9 Å². The molecule has 0 saturated heterocycles. The van der Waals surface area contributed by atoms with Gasteiger partial charge in [-0.25, -0.2) is 14.0 Å². The first-order chi connectivity index (χ1) is 15.4. The Morgan fingerprint density at radius 3 is 2.50 bits per heavy atom. The number of carbonyl (C=O) groups excluding carboxylic acids is 1. The first-order valence-corrected chi connectivity index (χ1v) is 12.0. The van der Waals surface area contributed by atoms with Crippen LogP contribution < -0.4 is 14.8 Å². The molecular weight excluding hydrogens is 448 g/mol. The van der Waals surface area contributed by atoms with Crippen molar-refractivity contribution in [2.24, 2.45) is 0 Å². The molecule has 3 rings (SSSR count). The van der Waals surface area contributed by atoms with E-state index in [1.54, 1.807) is 29.2 Å². The number of aryl methyl sites for hydroxylation is 1. The van der Waals surface area contributed by atoms with E-state index >= 15 is 0 Å². The van der Waals surface area contributed by atoms with Gasteiger partial charge in [-0.15, -0.1) is 0 Å². The number of methoxy groups -OCH3 is 1. The minimum atomic E-state index is -1.60. The Bertz CT molecular complexity index is 1110. The number of thiazole rings is 1. The SMILES string of the molecule is CCN(CC)C(=O)Nc1nc(C)c(-c2ccc(OC)c(S(=O)Nc3ccc(O)cc3)c2)s1. The quantitative estimate of drug-likeness (QED) is 0.405. The average Bonchev–Trinajstić information content (AvgIpc) is 3.15. The second-order valence-corrected chi connectivity index (χ2v) is 9.00. The van der Waals surface area contributed by atoms with Gasteiger partial charge in [-0.05, 0) is 68.8 Å². The molecule has 2 amide bonds. The molecule has 2 aromatic carbocycles. The molecule has 1 aromatic heterocycles. The Morgan fingerprint density at radius 1 is 1.19 bits per heavy atom. The third-order valence-corrected chi connectivity index (χ3v) is 7.03. The number of phenols is 1. The van der Waals surface area contributed by atoms with E-state index in [2.05, 4.69) is 15.0 Å². The third-order valence-electron chi connectivity index (χ3n) is 4.76. The van der Waals surface area contributed by atoms with E-state index < -0.39 is 11.0 Å². The van der Waals surface area contributed by atoms with Gasteiger partial charge in [-0.1, -0.05) is 11.3 Å². The number of urea groups is 1. The van der Waals surface area contributed by atoms with Gasteiger partial charge in [-0.3, -0.25) is 5.32 Å². The Morgan fingerprint density at radius 2 is 1.88 bits per heavy atom. The smallest absolute Gasteiger partial charge is 0.323 e. The zero-order chi connectivity index (χ0) is 23.3. The number of hydrogen-bond acceptors (Lipinski definition) is 6. The van der Waals surface area contributed by atoms with Crippen molar-refractivity contribution in [1.29, 1.82) is 0 Å². The lowest BCUT2D eigenvalue weighted by Gasteiger charge is -2.17. The molecule has 0 aliphatic heterocycles. The van der Waals surface area contributed by atoms with Gasteiger partial charge in [0.2, 0.25) is 0 Å². The highest BCUT2D eigenvalue weighted by Crippen LogP contribution is 2.36. The van der Waals surface area contributed by atoms with E-state index in [-0.39, 0.29) is 11.8 Å². The normalized spacial score (nSPS) is 11.6. The van der Waals surface area contributed by atoms with Crippen LogP contribution in [0.1, 0.15) is 19.5 Å². The zero-order valence-corrected chi connectivity index (χ0v) is 20.0. The molecule has 1 atom stereocenters. The van der Waals surface area contributed by atoms with Crippen molar-refractivity contribution in [3.63, 3.8) is 0 Å². The van der Waals surface area contributed by atoms with E-state index in [1.165, 1.54) is 30.6 Å². The van der Waals surface area contributed by atoms with Crippen LogP contribution in [0.3, 0.4) is 0 Å². The number of nitrogens with zero attached hydrogens (tertiary/aromatic N) is 2.